The van der Waals surface area contributed by atoms with Crippen molar-refractivity contribution in [3.63, 3.8) is 0 Å². The summed E-state index contributed by atoms with van der Waals surface area (Å²) < 4.78 is 12.8. The molecule has 4 heteroatoms. The van der Waals surface area contributed by atoms with Gasteiger partial charge >= 0.3 is 0 Å². The molecule has 0 aromatic heterocycles. The van der Waals surface area contributed by atoms with Crippen molar-refractivity contribution in [2.75, 3.05) is 13.1 Å². The van der Waals surface area contributed by atoms with E-state index < -0.39 is 0 Å². The Morgan fingerprint density at radius 1 is 1.04 bits per heavy atom. The van der Waals surface area contributed by atoms with Gasteiger partial charge in [0.25, 0.3) is 0 Å². The summed E-state index contributed by atoms with van der Waals surface area (Å²) in [6.07, 6.45) is 0.693. The van der Waals surface area contributed by atoms with Gasteiger partial charge < -0.3 is 10.6 Å². The van der Waals surface area contributed by atoms with Gasteiger partial charge in [0.1, 0.15) is 5.82 Å². The molecule has 2 aromatic rings. The molecule has 2 aromatic carbocycles. The molecule has 0 fully saturated rings. The van der Waals surface area contributed by atoms with Gasteiger partial charge in [-0.2, -0.15) is 0 Å². The molecule has 1 atom stereocenters. The van der Waals surface area contributed by atoms with E-state index in [0.29, 0.717) is 18.9 Å². The zero-order valence-corrected chi connectivity index (χ0v) is 14.3. The van der Waals surface area contributed by atoms with Crippen molar-refractivity contribution in [1.29, 1.82) is 0 Å². The Morgan fingerprint density at radius 3 is 2.33 bits per heavy atom. The van der Waals surface area contributed by atoms with Crippen LogP contribution in [0, 0.1) is 11.7 Å². The normalized spacial score (nSPS) is 12.2. The Labute approximate surface area is 143 Å². The number of carbonyl (C=O) groups excluding carboxylic acids is 1. The zero-order chi connectivity index (χ0) is 17.4. The van der Waals surface area contributed by atoms with Crippen LogP contribution in [0.15, 0.2) is 54.6 Å². The largest absolute Gasteiger partial charge is 0.355 e. The van der Waals surface area contributed by atoms with E-state index in [4.69, 9.17) is 0 Å². The number of hydrogen-bond acceptors (Lipinski definition) is 2. The first-order chi connectivity index (χ1) is 11.6. The van der Waals surface area contributed by atoms with Crippen LogP contribution in [0.3, 0.4) is 0 Å². The monoisotopic (exact) mass is 328 g/mol. The summed E-state index contributed by atoms with van der Waals surface area (Å²) in [7, 11) is 0. The van der Waals surface area contributed by atoms with Gasteiger partial charge in [-0.05, 0) is 35.6 Å². The first-order valence-corrected chi connectivity index (χ1v) is 8.35. The molecule has 0 saturated heterocycles. The average Bonchev–Trinajstić information content (AvgIpc) is 2.57. The number of halogens is 1. The van der Waals surface area contributed by atoms with E-state index in [2.05, 4.69) is 36.6 Å². The Balaban J connectivity index is 1.76. The van der Waals surface area contributed by atoms with Gasteiger partial charge in [0.05, 0.1) is 6.54 Å². The Kier molecular flexibility index (Phi) is 6.94. The van der Waals surface area contributed by atoms with Gasteiger partial charge in [-0.15, -0.1) is 0 Å². The van der Waals surface area contributed by atoms with E-state index in [1.165, 1.54) is 17.7 Å². The summed E-state index contributed by atoms with van der Waals surface area (Å²) in [5.41, 5.74) is 2.20. The lowest BCUT2D eigenvalue weighted by Crippen LogP contribution is -2.38. The Bertz CT molecular complexity index is 626. The minimum absolute atomic E-state index is 0.0290. The maximum Gasteiger partial charge on any atom is 0.233 e. The van der Waals surface area contributed by atoms with E-state index >= 15 is 0 Å². The number of amides is 1. The van der Waals surface area contributed by atoms with E-state index in [0.717, 1.165) is 5.56 Å². The molecular weight excluding hydrogens is 303 g/mol. The molecule has 0 saturated carbocycles. The number of benzene rings is 2. The third-order valence-electron chi connectivity index (χ3n) is 3.96. The molecule has 0 aliphatic heterocycles. The molecule has 0 aliphatic carbocycles. The van der Waals surface area contributed by atoms with Crippen molar-refractivity contribution in [3.05, 3.63) is 71.5 Å². The molecule has 1 amide bonds. The van der Waals surface area contributed by atoms with Crippen LogP contribution >= 0.6 is 0 Å². The summed E-state index contributed by atoms with van der Waals surface area (Å²) in [6, 6.07) is 16.7. The standard InChI is InChI=1S/C20H25FN2O/c1-15(2)20(17-6-4-3-5-7-17)23-14-19(24)22-13-12-16-8-10-18(21)11-9-16/h3-11,15,20,23H,12-14H2,1-2H3,(H,22,24). The first kappa shape index (κ1) is 18.1. The third kappa shape index (κ3) is 5.78. The molecule has 0 spiro atoms. The van der Waals surface area contributed by atoms with Crippen LogP contribution in [0.5, 0.6) is 0 Å². The lowest BCUT2D eigenvalue weighted by Gasteiger charge is -2.22. The zero-order valence-electron chi connectivity index (χ0n) is 14.3. The van der Waals surface area contributed by atoms with Crippen molar-refractivity contribution >= 4 is 5.91 Å². The first-order valence-electron chi connectivity index (χ1n) is 8.35. The Morgan fingerprint density at radius 2 is 1.71 bits per heavy atom. The predicted molar refractivity (Wildman–Crippen MR) is 95.1 cm³/mol. The minimum Gasteiger partial charge on any atom is -0.355 e. The summed E-state index contributed by atoms with van der Waals surface area (Å²) in [5.74, 6) is 0.116. The highest BCUT2D eigenvalue weighted by molar-refractivity contribution is 5.78. The quantitative estimate of drug-likeness (QED) is 0.779. The van der Waals surface area contributed by atoms with Gasteiger partial charge in [0.2, 0.25) is 5.91 Å². The van der Waals surface area contributed by atoms with Crippen LogP contribution in [0.25, 0.3) is 0 Å². The van der Waals surface area contributed by atoms with Gasteiger partial charge in [-0.25, -0.2) is 4.39 Å². The van der Waals surface area contributed by atoms with Gasteiger partial charge in [0.15, 0.2) is 0 Å². The summed E-state index contributed by atoms with van der Waals surface area (Å²) in [4.78, 5) is 12.0. The van der Waals surface area contributed by atoms with Gasteiger partial charge in [-0.1, -0.05) is 56.3 Å². The Hall–Kier alpha value is -2.20. The van der Waals surface area contributed by atoms with E-state index in [9.17, 15) is 9.18 Å². The van der Waals surface area contributed by atoms with Crippen molar-refractivity contribution < 1.29 is 9.18 Å². The SMILES string of the molecule is CC(C)C(NCC(=O)NCCc1ccc(F)cc1)c1ccccc1. The predicted octanol–water partition coefficient (Wildman–Crippen LogP) is 3.47. The average molecular weight is 328 g/mol. The lowest BCUT2D eigenvalue weighted by molar-refractivity contribution is -0.120. The smallest absolute Gasteiger partial charge is 0.233 e. The molecule has 24 heavy (non-hydrogen) atoms. The van der Waals surface area contributed by atoms with Gasteiger partial charge in [-0.3, -0.25) is 4.79 Å². The fourth-order valence-electron chi connectivity index (χ4n) is 2.66. The maximum atomic E-state index is 12.8. The number of carbonyl (C=O) groups is 1. The fraction of sp³-hybridized carbons (Fsp3) is 0.350. The molecule has 0 heterocycles. The molecule has 2 rings (SSSR count). The van der Waals surface area contributed by atoms with Crippen LogP contribution in [0.1, 0.15) is 31.0 Å². The fourth-order valence-corrected chi connectivity index (χ4v) is 2.66. The number of nitrogens with one attached hydrogen (secondary N) is 2. The van der Waals surface area contributed by atoms with Crippen LogP contribution in [-0.4, -0.2) is 19.0 Å². The van der Waals surface area contributed by atoms with Crippen molar-refractivity contribution in [2.45, 2.75) is 26.3 Å². The molecule has 1 unspecified atom stereocenters. The maximum absolute atomic E-state index is 12.8. The highest BCUT2D eigenvalue weighted by Crippen LogP contribution is 2.20. The second kappa shape index (κ2) is 9.18. The second-order valence-electron chi connectivity index (χ2n) is 6.24. The molecule has 0 bridgehead atoms. The molecular formula is C20H25FN2O. The van der Waals surface area contributed by atoms with Crippen molar-refractivity contribution in [1.82, 2.24) is 10.6 Å². The minimum atomic E-state index is -0.243. The molecule has 0 aliphatic rings. The number of hydrogen-bond donors (Lipinski definition) is 2. The molecule has 3 nitrogen and oxygen atoms in total. The molecule has 128 valence electrons. The second-order valence-corrected chi connectivity index (χ2v) is 6.24. The van der Waals surface area contributed by atoms with E-state index in [-0.39, 0.29) is 24.3 Å². The summed E-state index contributed by atoms with van der Waals surface area (Å²) in [5, 5.41) is 6.23. The molecule has 2 N–H and O–H groups in total. The molecule has 0 radical (unpaired) electrons. The van der Waals surface area contributed by atoms with Crippen LogP contribution in [0.4, 0.5) is 4.39 Å². The van der Waals surface area contributed by atoms with Gasteiger partial charge in [0, 0.05) is 12.6 Å². The topological polar surface area (TPSA) is 41.1 Å². The van der Waals surface area contributed by atoms with Crippen molar-refractivity contribution in [2.24, 2.45) is 5.92 Å². The highest BCUT2D eigenvalue weighted by Gasteiger charge is 2.15. The van der Waals surface area contributed by atoms with Crippen molar-refractivity contribution in [3.8, 4) is 0 Å². The summed E-state index contributed by atoms with van der Waals surface area (Å²) >= 11 is 0. The van der Waals surface area contributed by atoms with Crippen LogP contribution in [-0.2, 0) is 11.2 Å². The van der Waals surface area contributed by atoms with E-state index in [1.54, 1.807) is 12.1 Å². The lowest BCUT2D eigenvalue weighted by atomic mass is 9.96. The van der Waals surface area contributed by atoms with Crippen LogP contribution < -0.4 is 10.6 Å². The number of rotatable bonds is 8. The van der Waals surface area contributed by atoms with Crippen LogP contribution in [0.2, 0.25) is 0 Å². The van der Waals surface area contributed by atoms with E-state index in [1.807, 2.05) is 18.2 Å². The third-order valence-corrected chi connectivity index (χ3v) is 3.96. The highest BCUT2D eigenvalue weighted by atomic mass is 19.1. The summed E-state index contributed by atoms with van der Waals surface area (Å²) in [6.45, 7) is 5.10.